The number of aromatic nitrogens is 1. The lowest BCUT2D eigenvalue weighted by Gasteiger charge is -2.29. The lowest BCUT2D eigenvalue weighted by molar-refractivity contribution is 0.575. The average Bonchev–Trinajstić information content (AvgIpc) is 2.86. The van der Waals surface area contributed by atoms with Crippen molar-refractivity contribution in [3.05, 3.63) is 24.1 Å². The van der Waals surface area contributed by atoms with E-state index in [1.807, 2.05) is 0 Å². The van der Waals surface area contributed by atoms with Crippen molar-refractivity contribution in [3.8, 4) is 0 Å². The topological polar surface area (TPSA) is 41.3 Å². The van der Waals surface area contributed by atoms with Crippen molar-refractivity contribution in [1.29, 1.82) is 0 Å². The Hall–Kier alpha value is -1.55. The number of nitrogens with one attached hydrogen (secondary N) is 1. The minimum absolute atomic E-state index is 0.507. The van der Waals surface area contributed by atoms with Gasteiger partial charge < -0.3 is 14.6 Å². The molecule has 0 saturated carbocycles. The fourth-order valence-electron chi connectivity index (χ4n) is 2.45. The van der Waals surface area contributed by atoms with Crippen LogP contribution in [0.1, 0.15) is 25.3 Å². The van der Waals surface area contributed by atoms with Gasteiger partial charge in [0.2, 0.25) is 0 Å². The van der Waals surface area contributed by atoms with Crippen molar-refractivity contribution in [2.24, 2.45) is 0 Å². The monoisotopic (exact) mass is 245 g/mol. The van der Waals surface area contributed by atoms with Crippen LogP contribution < -0.4 is 10.2 Å². The minimum Gasteiger partial charge on any atom is -0.441 e. The number of benzene rings is 1. The molecule has 0 spiro atoms. The van der Waals surface area contributed by atoms with Crippen LogP contribution >= 0.6 is 0 Å². The first-order valence-corrected chi connectivity index (χ1v) is 6.58. The van der Waals surface area contributed by atoms with E-state index in [9.17, 15) is 0 Å². The summed E-state index contributed by atoms with van der Waals surface area (Å²) in [6, 6.07) is 4.39. The third-order valence-electron chi connectivity index (χ3n) is 3.56. The molecular formula is C14H19N3O. The van der Waals surface area contributed by atoms with Gasteiger partial charge in [-0.25, -0.2) is 4.98 Å². The number of hydrogen-bond donors (Lipinski definition) is 1. The number of piperazine rings is 1. The summed E-state index contributed by atoms with van der Waals surface area (Å²) in [6.45, 7) is 8.53. The summed E-state index contributed by atoms with van der Waals surface area (Å²) in [7, 11) is 0. The summed E-state index contributed by atoms with van der Waals surface area (Å²) in [6.07, 6.45) is 1.54. The highest BCUT2D eigenvalue weighted by Gasteiger charge is 2.17. The van der Waals surface area contributed by atoms with Gasteiger partial charge >= 0.3 is 0 Å². The Bertz CT molecular complexity index is 541. The lowest BCUT2D eigenvalue weighted by Crippen LogP contribution is -2.43. The van der Waals surface area contributed by atoms with Gasteiger partial charge in [-0.1, -0.05) is 13.8 Å². The van der Waals surface area contributed by atoms with Crippen LogP contribution in [0.3, 0.4) is 0 Å². The van der Waals surface area contributed by atoms with Crippen LogP contribution in [0.2, 0.25) is 0 Å². The molecule has 1 aromatic carbocycles. The second kappa shape index (κ2) is 4.61. The third kappa shape index (κ3) is 1.97. The van der Waals surface area contributed by atoms with E-state index in [4.69, 9.17) is 4.42 Å². The van der Waals surface area contributed by atoms with Crippen molar-refractivity contribution in [1.82, 2.24) is 10.3 Å². The largest absolute Gasteiger partial charge is 0.441 e. The molecule has 0 unspecified atom stereocenters. The van der Waals surface area contributed by atoms with E-state index in [0.717, 1.165) is 37.3 Å². The van der Waals surface area contributed by atoms with Gasteiger partial charge in [0.15, 0.2) is 12.0 Å². The van der Waals surface area contributed by atoms with E-state index >= 15 is 0 Å². The molecule has 96 valence electrons. The van der Waals surface area contributed by atoms with E-state index < -0.39 is 0 Å². The van der Waals surface area contributed by atoms with Gasteiger partial charge in [-0.2, -0.15) is 0 Å². The number of anilines is 1. The Morgan fingerprint density at radius 2 is 2.06 bits per heavy atom. The molecule has 4 heteroatoms. The summed E-state index contributed by atoms with van der Waals surface area (Å²) in [4.78, 5) is 6.69. The molecule has 1 aliphatic rings. The van der Waals surface area contributed by atoms with Crippen molar-refractivity contribution in [3.63, 3.8) is 0 Å². The van der Waals surface area contributed by atoms with E-state index in [1.54, 1.807) is 6.39 Å². The summed E-state index contributed by atoms with van der Waals surface area (Å²) in [5, 5.41) is 3.38. The summed E-state index contributed by atoms with van der Waals surface area (Å²) in [5.74, 6) is 0.507. The van der Waals surface area contributed by atoms with Crippen molar-refractivity contribution in [2.75, 3.05) is 31.1 Å². The van der Waals surface area contributed by atoms with Gasteiger partial charge in [-0.15, -0.1) is 0 Å². The van der Waals surface area contributed by atoms with Gasteiger partial charge in [-0.3, -0.25) is 0 Å². The van der Waals surface area contributed by atoms with Gasteiger partial charge in [-0.05, 0) is 23.6 Å². The van der Waals surface area contributed by atoms with E-state index in [-0.39, 0.29) is 0 Å². The van der Waals surface area contributed by atoms with Crippen LogP contribution in [0.4, 0.5) is 5.69 Å². The fourth-order valence-corrected chi connectivity index (χ4v) is 2.45. The molecule has 0 bridgehead atoms. The highest BCUT2D eigenvalue weighted by molar-refractivity contribution is 5.87. The number of nitrogens with zero attached hydrogens (tertiary/aromatic N) is 2. The maximum Gasteiger partial charge on any atom is 0.182 e. The molecule has 1 N–H and O–H groups in total. The molecule has 1 fully saturated rings. The lowest BCUT2D eigenvalue weighted by atomic mass is 10.0. The maximum atomic E-state index is 5.56. The fraction of sp³-hybridized carbons (Fsp3) is 0.500. The molecule has 2 aromatic rings. The highest BCUT2D eigenvalue weighted by atomic mass is 16.3. The second-order valence-corrected chi connectivity index (χ2v) is 5.13. The molecule has 0 aliphatic carbocycles. The smallest absolute Gasteiger partial charge is 0.182 e. The number of fused-ring (bicyclic) bond motifs is 1. The van der Waals surface area contributed by atoms with Crippen molar-refractivity contribution >= 4 is 16.8 Å². The Morgan fingerprint density at radius 3 is 2.78 bits per heavy atom. The van der Waals surface area contributed by atoms with Crippen molar-refractivity contribution < 1.29 is 4.42 Å². The minimum atomic E-state index is 0.507. The molecule has 0 amide bonds. The number of rotatable bonds is 2. The molecule has 1 aromatic heterocycles. The zero-order valence-corrected chi connectivity index (χ0v) is 10.9. The van der Waals surface area contributed by atoms with E-state index in [2.05, 4.69) is 41.2 Å². The number of oxazole rings is 1. The summed E-state index contributed by atoms with van der Waals surface area (Å²) >= 11 is 0. The summed E-state index contributed by atoms with van der Waals surface area (Å²) < 4.78 is 5.56. The van der Waals surface area contributed by atoms with Gasteiger partial charge in [0.25, 0.3) is 0 Å². The first kappa shape index (κ1) is 11.5. The normalized spacial score (nSPS) is 16.7. The molecule has 4 nitrogen and oxygen atoms in total. The van der Waals surface area contributed by atoms with Crippen LogP contribution in [0, 0.1) is 0 Å². The van der Waals surface area contributed by atoms with E-state index in [0.29, 0.717) is 5.92 Å². The Morgan fingerprint density at radius 1 is 1.28 bits per heavy atom. The summed E-state index contributed by atoms with van der Waals surface area (Å²) in [5.41, 5.74) is 4.40. The first-order chi connectivity index (χ1) is 8.75. The van der Waals surface area contributed by atoms with Crippen LogP contribution in [-0.4, -0.2) is 31.2 Å². The molecule has 2 heterocycles. The van der Waals surface area contributed by atoms with Gasteiger partial charge in [0, 0.05) is 26.2 Å². The Labute approximate surface area is 107 Å². The Kier molecular flexibility index (Phi) is 2.96. The standard InChI is InChI=1S/C14H19N3O/c1-10(2)11-7-12-14(18-9-16-12)13(8-11)17-5-3-15-4-6-17/h7-10,15H,3-6H2,1-2H3. The zero-order chi connectivity index (χ0) is 12.5. The van der Waals surface area contributed by atoms with Crippen molar-refractivity contribution in [2.45, 2.75) is 19.8 Å². The second-order valence-electron chi connectivity index (χ2n) is 5.13. The zero-order valence-electron chi connectivity index (χ0n) is 10.9. The molecule has 0 atom stereocenters. The van der Waals surface area contributed by atoms with Crippen LogP contribution in [0.15, 0.2) is 22.9 Å². The van der Waals surface area contributed by atoms with Gasteiger partial charge in [0.1, 0.15) is 5.52 Å². The number of hydrogen-bond acceptors (Lipinski definition) is 4. The quantitative estimate of drug-likeness (QED) is 0.882. The molecule has 18 heavy (non-hydrogen) atoms. The molecule has 1 aliphatic heterocycles. The maximum absolute atomic E-state index is 5.56. The highest BCUT2D eigenvalue weighted by Crippen LogP contribution is 2.31. The Balaban J connectivity index is 2.09. The predicted molar refractivity (Wildman–Crippen MR) is 73.2 cm³/mol. The van der Waals surface area contributed by atoms with Crippen LogP contribution in [0.25, 0.3) is 11.1 Å². The van der Waals surface area contributed by atoms with E-state index in [1.165, 1.54) is 11.3 Å². The molecule has 3 rings (SSSR count). The van der Waals surface area contributed by atoms with Crippen LogP contribution in [0.5, 0.6) is 0 Å². The first-order valence-electron chi connectivity index (χ1n) is 6.58. The third-order valence-corrected chi connectivity index (χ3v) is 3.56. The molecular weight excluding hydrogens is 226 g/mol. The SMILES string of the molecule is CC(C)c1cc(N2CCNCC2)c2ocnc2c1. The molecule has 1 saturated heterocycles. The van der Waals surface area contributed by atoms with Gasteiger partial charge in [0.05, 0.1) is 5.69 Å². The molecule has 0 radical (unpaired) electrons. The average molecular weight is 245 g/mol. The predicted octanol–water partition coefficient (Wildman–Crippen LogP) is 2.36. The van der Waals surface area contributed by atoms with Crippen LogP contribution in [-0.2, 0) is 0 Å².